The molecule has 0 aromatic heterocycles. The lowest BCUT2D eigenvalue weighted by molar-refractivity contribution is 0.279. The maximum Gasteiger partial charge on any atom is 0.119 e. The summed E-state index contributed by atoms with van der Waals surface area (Å²) in [7, 11) is 0. The standard InChI is InChI=1S/C18H32N2O/c1-3-4-5-6-7-8-11-17(20-19)13-14-21-18-12-9-10-16(2)15-18/h9-10,12,15,17,20H,3-8,11,13-14,19H2,1-2H3. The highest BCUT2D eigenvalue weighted by molar-refractivity contribution is 5.27. The molecule has 1 rings (SSSR count). The van der Waals surface area contributed by atoms with Crippen LogP contribution in [-0.4, -0.2) is 12.6 Å². The van der Waals surface area contributed by atoms with E-state index in [0.717, 1.165) is 18.6 Å². The monoisotopic (exact) mass is 292 g/mol. The van der Waals surface area contributed by atoms with Crippen LogP contribution in [0.5, 0.6) is 5.75 Å². The van der Waals surface area contributed by atoms with Crippen molar-refractivity contribution in [2.75, 3.05) is 6.61 Å². The summed E-state index contributed by atoms with van der Waals surface area (Å²) in [6.45, 7) is 5.05. The van der Waals surface area contributed by atoms with Crippen molar-refractivity contribution in [2.24, 2.45) is 5.84 Å². The van der Waals surface area contributed by atoms with E-state index in [1.54, 1.807) is 0 Å². The Bertz CT molecular complexity index is 368. The third-order valence-corrected chi connectivity index (χ3v) is 3.87. The summed E-state index contributed by atoms with van der Waals surface area (Å²) in [6, 6.07) is 8.54. The number of hydrogen-bond acceptors (Lipinski definition) is 3. The quantitative estimate of drug-likeness (QED) is 0.342. The summed E-state index contributed by atoms with van der Waals surface area (Å²) >= 11 is 0. The summed E-state index contributed by atoms with van der Waals surface area (Å²) in [5, 5.41) is 0. The Morgan fingerprint density at radius 1 is 1.10 bits per heavy atom. The third-order valence-electron chi connectivity index (χ3n) is 3.87. The van der Waals surface area contributed by atoms with Gasteiger partial charge in [-0.3, -0.25) is 11.3 Å². The summed E-state index contributed by atoms with van der Waals surface area (Å²) in [5.74, 6) is 6.58. The lowest BCUT2D eigenvalue weighted by Gasteiger charge is -2.16. The Kier molecular flexibility index (Phi) is 9.92. The lowest BCUT2D eigenvalue weighted by atomic mass is 10.0. The second-order valence-corrected chi connectivity index (χ2v) is 5.87. The number of unbranched alkanes of at least 4 members (excludes halogenated alkanes) is 5. The fourth-order valence-electron chi connectivity index (χ4n) is 2.51. The molecule has 21 heavy (non-hydrogen) atoms. The maximum atomic E-state index is 5.78. The summed E-state index contributed by atoms with van der Waals surface area (Å²) < 4.78 is 5.78. The van der Waals surface area contributed by atoms with Crippen molar-refractivity contribution in [1.29, 1.82) is 0 Å². The molecule has 0 aliphatic heterocycles. The van der Waals surface area contributed by atoms with E-state index in [-0.39, 0.29) is 0 Å². The van der Waals surface area contributed by atoms with Crippen LogP contribution in [0.4, 0.5) is 0 Å². The molecule has 120 valence electrons. The molecule has 0 heterocycles. The van der Waals surface area contributed by atoms with Gasteiger partial charge in [0.25, 0.3) is 0 Å². The van der Waals surface area contributed by atoms with Crippen molar-refractivity contribution in [2.45, 2.75) is 71.3 Å². The van der Waals surface area contributed by atoms with Crippen molar-refractivity contribution in [1.82, 2.24) is 5.43 Å². The smallest absolute Gasteiger partial charge is 0.119 e. The highest BCUT2D eigenvalue weighted by atomic mass is 16.5. The Balaban J connectivity index is 2.10. The Labute approximate surface area is 130 Å². The molecule has 3 nitrogen and oxygen atoms in total. The number of benzene rings is 1. The van der Waals surface area contributed by atoms with Crippen LogP contribution in [0.25, 0.3) is 0 Å². The minimum atomic E-state index is 0.362. The van der Waals surface area contributed by atoms with Crippen LogP contribution in [0.2, 0.25) is 0 Å². The topological polar surface area (TPSA) is 47.3 Å². The van der Waals surface area contributed by atoms with E-state index < -0.39 is 0 Å². The van der Waals surface area contributed by atoms with Gasteiger partial charge in [-0.05, 0) is 37.5 Å². The summed E-state index contributed by atoms with van der Waals surface area (Å²) in [5.41, 5.74) is 4.15. The number of rotatable bonds is 12. The van der Waals surface area contributed by atoms with Gasteiger partial charge in [-0.25, -0.2) is 0 Å². The van der Waals surface area contributed by atoms with E-state index >= 15 is 0 Å². The van der Waals surface area contributed by atoms with E-state index in [9.17, 15) is 0 Å². The molecule has 1 atom stereocenters. The van der Waals surface area contributed by atoms with Crippen LogP contribution in [0, 0.1) is 6.92 Å². The Hall–Kier alpha value is -1.06. The van der Waals surface area contributed by atoms with Crippen molar-refractivity contribution < 1.29 is 4.74 Å². The van der Waals surface area contributed by atoms with Gasteiger partial charge in [-0.1, -0.05) is 57.6 Å². The Morgan fingerprint density at radius 2 is 1.86 bits per heavy atom. The van der Waals surface area contributed by atoms with E-state index in [2.05, 4.69) is 31.4 Å². The fourth-order valence-corrected chi connectivity index (χ4v) is 2.51. The number of hydrazine groups is 1. The average molecular weight is 292 g/mol. The first-order chi connectivity index (χ1) is 10.3. The number of nitrogens with two attached hydrogens (primary N) is 1. The highest BCUT2D eigenvalue weighted by Gasteiger charge is 2.06. The normalized spacial score (nSPS) is 12.3. The molecule has 0 bridgehead atoms. The van der Waals surface area contributed by atoms with Crippen molar-refractivity contribution in [3.63, 3.8) is 0 Å². The zero-order chi connectivity index (χ0) is 15.3. The van der Waals surface area contributed by atoms with Gasteiger partial charge in [0.2, 0.25) is 0 Å². The largest absolute Gasteiger partial charge is 0.494 e. The van der Waals surface area contributed by atoms with Crippen LogP contribution in [0.3, 0.4) is 0 Å². The molecule has 0 radical (unpaired) electrons. The van der Waals surface area contributed by atoms with Crippen LogP contribution in [0.1, 0.15) is 63.9 Å². The predicted octanol–water partition coefficient (Wildman–Crippen LogP) is 4.35. The molecule has 0 saturated carbocycles. The molecular weight excluding hydrogens is 260 g/mol. The van der Waals surface area contributed by atoms with E-state index in [0.29, 0.717) is 12.6 Å². The second kappa shape index (κ2) is 11.6. The molecule has 0 spiro atoms. The fraction of sp³-hybridized carbons (Fsp3) is 0.667. The van der Waals surface area contributed by atoms with Gasteiger partial charge in [0.1, 0.15) is 5.75 Å². The molecule has 1 aromatic rings. The van der Waals surface area contributed by atoms with Gasteiger partial charge >= 0.3 is 0 Å². The number of hydrogen-bond donors (Lipinski definition) is 2. The SMILES string of the molecule is CCCCCCCCC(CCOc1cccc(C)c1)NN. The van der Waals surface area contributed by atoms with Gasteiger partial charge in [0, 0.05) is 6.04 Å². The zero-order valence-electron chi connectivity index (χ0n) is 13.7. The molecular formula is C18H32N2O. The second-order valence-electron chi connectivity index (χ2n) is 5.87. The molecule has 3 N–H and O–H groups in total. The molecule has 1 aromatic carbocycles. The van der Waals surface area contributed by atoms with Crippen LogP contribution in [0.15, 0.2) is 24.3 Å². The lowest BCUT2D eigenvalue weighted by Crippen LogP contribution is -2.36. The first-order valence-corrected chi connectivity index (χ1v) is 8.42. The van der Waals surface area contributed by atoms with Crippen LogP contribution >= 0.6 is 0 Å². The van der Waals surface area contributed by atoms with E-state index in [4.69, 9.17) is 10.6 Å². The predicted molar refractivity (Wildman–Crippen MR) is 90.4 cm³/mol. The first kappa shape index (κ1) is 18.0. The van der Waals surface area contributed by atoms with E-state index in [1.165, 1.54) is 44.1 Å². The van der Waals surface area contributed by atoms with Gasteiger partial charge in [-0.2, -0.15) is 0 Å². The van der Waals surface area contributed by atoms with Crippen LogP contribution in [-0.2, 0) is 0 Å². The van der Waals surface area contributed by atoms with Gasteiger partial charge in [0.15, 0.2) is 0 Å². The number of ether oxygens (including phenoxy) is 1. The van der Waals surface area contributed by atoms with E-state index in [1.807, 2.05) is 12.1 Å². The van der Waals surface area contributed by atoms with Gasteiger partial charge in [-0.15, -0.1) is 0 Å². The molecule has 1 unspecified atom stereocenters. The minimum Gasteiger partial charge on any atom is -0.494 e. The molecule has 0 saturated heterocycles. The molecule has 0 aliphatic carbocycles. The molecule has 0 amide bonds. The third kappa shape index (κ3) is 8.74. The number of nitrogens with one attached hydrogen (secondary N) is 1. The van der Waals surface area contributed by atoms with Crippen molar-refractivity contribution >= 4 is 0 Å². The number of aryl methyl sites for hydroxylation is 1. The van der Waals surface area contributed by atoms with Crippen molar-refractivity contribution in [3.8, 4) is 5.75 Å². The van der Waals surface area contributed by atoms with Gasteiger partial charge in [0.05, 0.1) is 6.61 Å². The highest BCUT2D eigenvalue weighted by Crippen LogP contribution is 2.14. The molecule has 3 heteroatoms. The van der Waals surface area contributed by atoms with Crippen molar-refractivity contribution in [3.05, 3.63) is 29.8 Å². The Morgan fingerprint density at radius 3 is 2.57 bits per heavy atom. The molecule has 0 aliphatic rings. The summed E-state index contributed by atoms with van der Waals surface area (Å²) in [6.07, 6.45) is 10.1. The van der Waals surface area contributed by atoms with Crippen LogP contribution < -0.4 is 16.0 Å². The first-order valence-electron chi connectivity index (χ1n) is 8.42. The minimum absolute atomic E-state index is 0.362. The zero-order valence-corrected chi connectivity index (χ0v) is 13.7. The summed E-state index contributed by atoms with van der Waals surface area (Å²) in [4.78, 5) is 0. The average Bonchev–Trinajstić information content (AvgIpc) is 2.49. The van der Waals surface area contributed by atoms with Gasteiger partial charge < -0.3 is 4.74 Å². The maximum absolute atomic E-state index is 5.78. The molecule has 0 fully saturated rings.